The molecule has 20 heavy (non-hydrogen) atoms. The number of benzene rings is 1. The second kappa shape index (κ2) is 5.73. The van der Waals surface area contributed by atoms with Gasteiger partial charge >= 0.3 is 5.97 Å². The molecule has 1 aliphatic rings. The maximum Gasteiger partial charge on any atom is 0.323 e. The fraction of sp³-hybridized carbons (Fsp3) is 0.357. The van der Waals surface area contributed by atoms with Gasteiger partial charge in [-0.25, -0.2) is 0 Å². The lowest BCUT2D eigenvalue weighted by Gasteiger charge is -2.20. The van der Waals surface area contributed by atoms with Crippen LogP contribution in [0.1, 0.15) is 33.6 Å². The zero-order valence-electron chi connectivity index (χ0n) is 10.9. The highest BCUT2D eigenvalue weighted by Gasteiger charge is 2.28. The minimum Gasteiger partial charge on any atom is -0.480 e. The number of nitrogens with two attached hydrogens (primary N) is 1. The fourth-order valence-corrected chi connectivity index (χ4v) is 1.98. The lowest BCUT2D eigenvalue weighted by atomic mass is 10.1. The van der Waals surface area contributed by atoms with Crippen LogP contribution in [0.3, 0.4) is 0 Å². The van der Waals surface area contributed by atoms with Crippen LogP contribution >= 0.6 is 0 Å². The van der Waals surface area contributed by atoms with Crippen LogP contribution in [0.5, 0.6) is 0 Å². The van der Waals surface area contributed by atoms with Gasteiger partial charge in [-0.2, -0.15) is 0 Å². The predicted octanol–water partition coefficient (Wildman–Crippen LogP) is 0.722. The summed E-state index contributed by atoms with van der Waals surface area (Å²) in [4.78, 5) is 35.6. The van der Waals surface area contributed by atoms with Gasteiger partial charge in [0.2, 0.25) is 5.91 Å². The maximum atomic E-state index is 12.3. The van der Waals surface area contributed by atoms with E-state index in [0.29, 0.717) is 12.5 Å². The number of amides is 2. The highest BCUT2D eigenvalue weighted by Crippen LogP contribution is 2.30. The minimum atomic E-state index is -1.05. The first kappa shape index (κ1) is 14.0. The summed E-state index contributed by atoms with van der Waals surface area (Å²) in [5.41, 5.74) is 5.69. The average Bonchev–Trinajstić information content (AvgIpc) is 3.20. The molecule has 0 aliphatic heterocycles. The van der Waals surface area contributed by atoms with Crippen LogP contribution < -0.4 is 5.73 Å². The molecule has 0 heterocycles. The van der Waals surface area contributed by atoms with Crippen LogP contribution in [0.2, 0.25) is 0 Å². The van der Waals surface area contributed by atoms with E-state index in [2.05, 4.69) is 0 Å². The fourth-order valence-electron chi connectivity index (χ4n) is 1.98. The Morgan fingerprint density at radius 3 is 2.45 bits per heavy atom. The maximum absolute atomic E-state index is 12.3. The summed E-state index contributed by atoms with van der Waals surface area (Å²) in [5, 5.41) is 8.89. The van der Waals surface area contributed by atoms with Crippen LogP contribution in [0, 0.1) is 5.92 Å². The van der Waals surface area contributed by atoms with E-state index in [4.69, 9.17) is 10.8 Å². The molecule has 0 radical (unpaired) electrons. The van der Waals surface area contributed by atoms with Crippen molar-refractivity contribution in [1.82, 2.24) is 4.90 Å². The Kier molecular flexibility index (Phi) is 4.02. The molecule has 1 aromatic rings. The van der Waals surface area contributed by atoms with Crippen LogP contribution in [-0.2, 0) is 4.79 Å². The van der Waals surface area contributed by atoms with Gasteiger partial charge in [-0.1, -0.05) is 6.07 Å². The number of hydrogen-bond donors (Lipinski definition) is 2. The smallest absolute Gasteiger partial charge is 0.323 e. The van der Waals surface area contributed by atoms with Crippen molar-refractivity contribution in [2.45, 2.75) is 12.8 Å². The molecule has 1 aliphatic carbocycles. The number of primary amides is 1. The third-order valence-corrected chi connectivity index (χ3v) is 3.18. The number of carboxylic acid groups (broad SMARTS) is 1. The van der Waals surface area contributed by atoms with Crippen molar-refractivity contribution in [3.05, 3.63) is 35.4 Å². The third kappa shape index (κ3) is 3.57. The molecule has 106 valence electrons. The highest BCUT2D eigenvalue weighted by molar-refractivity contribution is 5.99. The van der Waals surface area contributed by atoms with Crippen molar-refractivity contribution in [3.63, 3.8) is 0 Å². The van der Waals surface area contributed by atoms with E-state index < -0.39 is 11.9 Å². The van der Waals surface area contributed by atoms with Crippen molar-refractivity contribution in [2.24, 2.45) is 11.7 Å². The SMILES string of the molecule is NC(=O)c1cccc(C(=O)N(CC(=O)O)CC2CC2)c1. The second-order valence-corrected chi connectivity index (χ2v) is 4.97. The van der Waals surface area contributed by atoms with Gasteiger partial charge in [-0.3, -0.25) is 14.4 Å². The summed E-state index contributed by atoms with van der Waals surface area (Å²) in [7, 11) is 0. The van der Waals surface area contributed by atoms with E-state index in [1.807, 2.05) is 0 Å². The lowest BCUT2D eigenvalue weighted by molar-refractivity contribution is -0.137. The molecular formula is C14H16N2O4. The molecule has 1 saturated carbocycles. The topological polar surface area (TPSA) is 101 Å². The van der Waals surface area contributed by atoms with Gasteiger partial charge in [0.1, 0.15) is 6.54 Å². The van der Waals surface area contributed by atoms with Crippen LogP contribution in [0.15, 0.2) is 24.3 Å². The Bertz CT molecular complexity index is 552. The molecule has 6 nitrogen and oxygen atoms in total. The number of nitrogens with zero attached hydrogens (tertiary/aromatic N) is 1. The molecule has 0 saturated heterocycles. The molecule has 0 bridgehead atoms. The molecule has 0 atom stereocenters. The molecule has 1 fully saturated rings. The van der Waals surface area contributed by atoms with Gasteiger partial charge in [0.05, 0.1) is 0 Å². The predicted molar refractivity (Wildman–Crippen MR) is 71.2 cm³/mol. The summed E-state index contributed by atoms with van der Waals surface area (Å²) in [5.74, 6) is -1.67. The Morgan fingerprint density at radius 2 is 1.90 bits per heavy atom. The normalized spacial score (nSPS) is 13.8. The average molecular weight is 276 g/mol. The number of aliphatic carboxylic acids is 1. The van der Waals surface area contributed by atoms with Gasteiger partial charge < -0.3 is 15.7 Å². The molecule has 1 aromatic carbocycles. The van der Waals surface area contributed by atoms with Gasteiger partial charge in [0.15, 0.2) is 0 Å². The van der Waals surface area contributed by atoms with Gasteiger partial charge in [0.25, 0.3) is 5.91 Å². The summed E-state index contributed by atoms with van der Waals surface area (Å²) in [6.45, 7) is 0.0993. The first-order chi connectivity index (χ1) is 9.47. The van der Waals surface area contributed by atoms with Gasteiger partial charge in [0, 0.05) is 17.7 Å². The number of carbonyl (C=O) groups is 3. The van der Waals surface area contributed by atoms with E-state index >= 15 is 0 Å². The largest absolute Gasteiger partial charge is 0.480 e. The summed E-state index contributed by atoms with van der Waals surface area (Å²) in [6.07, 6.45) is 2.04. The van der Waals surface area contributed by atoms with E-state index in [9.17, 15) is 14.4 Å². The zero-order valence-corrected chi connectivity index (χ0v) is 10.9. The van der Waals surface area contributed by atoms with E-state index in [1.54, 1.807) is 12.1 Å². The van der Waals surface area contributed by atoms with Crippen LogP contribution in [0.25, 0.3) is 0 Å². The number of carbonyl (C=O) groups excluding carboxylic acids is 2. The minimum absolute atomic E-state index is 0.234. The summed E-state index contributed by atoms with van der Waals surface area (Å²) in [6, 6.07) is 6.02. The van der Waals surface area contributed by atoms with Crippen molar-refractivity contribution < 1.29 is 19.5 Å². The lowest BCUT2D eigenvalue weighted by Crippen LogP contribution is -2.37. The Balaban J connectivity index is 2.18. The second-order valence-electron chi connectivity index (χ2n) is 4.97. The quantitative estimate of drug-likeness (QED) is 0.799. The van der Waals surface area contributed by atoms with Gasteiger partial charge in [-0.05, 0) is 37.0 Å². The molecule has 2 amide bonds. The number of carboxylic acids is 1. The third-order valence-electron chi connectivity index (χ3n) is 3.18. The molecule has 0 unspecified atom stereocenters. The summed E-state index contributed by atoms with van der Waals surface area (Å²) < 4.78 is 0. The molecule has 3 N–H and O–H groups in total. The Labute approximate surface area is 116 Å². The van der Waals surface area contributed by atoms with E-state index in [1.165, 1.54) is 17.0 Å². The van der Waals surface area contributed by atoms with E-state index in [-0.39, 0.29) is 23.6 Å². The van der Waals surface area contributed by atoms with Crippen LogP contribution in [0.4, 0.5) is 0 Å². The summed E-state index contributed by atoms with van der Waals surface area (Å²) >= 11 is 0. The highest BCUT2D eigenvalue weighted by atomic mass is 16.4. The monoisotopic (exact) mass is 276 g/mol. The standard InChI is InChI=1S/C14H16N2O4/c15-13(19)10-2-1-3-11(6-10)14(20)16(8-12(17)18)7-9-4-5-9/h1-3,6,9H,4-5,7-8H2,(H2,15,19)(H,17,18). The Morgan fingerprint density at radius 1 is 1.25 bits per heavy atom. The zero-order chi connectivity index (χ0) is 14.7. The molecule has 2 rings (SSSR count). The van der Waals surface area contributed by atoms with Crippen molar-refractivity contribution >= 4 is 17.8 Å². The number of rotatable bonds is 6. The first-order valence-corrected chi connectivity index (χ1v) is 6.38. The Hall–Kier alpha value is -2.37. The number of hydrogen-bond acceptors (Lipinski definition) is 3. The first-order valence-electron chi connectivity index (χ1n) is 6.38. The molecule has 0 spiro atoms. The molecular weight excluding hydrogens is 260 g/mol. The van der Waals surface area contributed by atoms with Gasteiger partial charge in [-0.15, -0.1) is 0 Å². The molecule has 0 aromatic heterocycles. The van der Waals surface area contributed by atoms with Crippen molar-refractivity contribution in [3.8, 4) is 0 Å². The molecule has 6 heteroatoms. The van der Waals surface area contributed by atoms with Crippen LogP contribution in [-0.4, -0.2) is 40.9 Å². The van der Waals surface area contributed by atoms with Crippen molar-refractivity contribution in [1.29, 1.82) is 0 Å². The van der Waals surface area contributed by atoms with Crippen molar-refractivity contribution in [2.75, 3.05) is 13.1 Å². The van der Waals surface area contributed by atoms with E-state index in [0.717, 1.165) is 12.8 Å².